The van der Waals surface area contributed by atoms with E-state index in [2.05, 4.69) is 0 Å². The van der Waals surface area contributed by atoms with Gasteiger partial charge >= 0.3 is 5.97 Å². The topological polar surface area (TPSA) is 93.0 Å². The molecule has 1 aromatic carbocycles. The van der Waals surface area contributed by atoms with Crippen molar-refractivity contribution in [2.24, 2.45) is 0 Å². The highest BCUT2D eigenvalue weighted by molar-refractivity contribution is 6.30. The summed E-state index contributed by atoms with van der Waals surface area (Å²) < 4.78 is 4.84. The van der Waals surface area contributed by atoms with Crippen LogP contribution in [-0.4, -0.2) is 54.5 Å². The number of nitro groups is 1. The Labute approximate surface area is 149 Å². The Bertz CT molecular complexity index is 699. The molecule has 1 aliphatic rings. The minimum atomic E-state index is -0.564. The number of carbonyl (C=O) groups excluding carboxylic acids is 2. The van der Waals surface area contributed by atoms with Crippen molar-refractivity contribution in [1.29, 1.82) is 0 Å². The zero-order valence-corrected chi connectivity index (χ0v) is 14.4. The predicted molar refractivity (Wildman–Crippen MR) is 92.7 cm³/mol. The first kappa shape index (κ1) is 18.7. The van der Waals surface area contributed by atoms with Gasteiger partial charge in [-0.05, 0) is 19.1 Å². The second-order valence-corrected chi connectivity index (χ2v) is 5.80. The molecule has 2 rings (SSSR count). The van der Waals surface area contributed by atoms with E-state index in [1.165, 1.54) is 18.2 Å². The summed E-state index contributed by atoms with van der Waals surface area (Å²) in [6.07, 6.45) is 2.77. The molecular formula is C16H18ClN3O5. The molecule has 0 aliphatic carbocycles. The average Bonchev–Trinajstić information content (AvgIpc) is 2.60. The number of rotatable bonds is 5. The van der Waals surface area contributed by atoms with Gasteiger partial charge in [-0.3, -0.25) is 14.9 Å². The minimum absolute atomic E-state index is 0.0624. The quantitative estimate of drug-likeness (QED) is 0.342. The van der Waals surface area contributed by atoms with Gasteiger partial charge < -0.3 is 14.5 Å². The lowest BCUT2D eigenvalue weighted by Gasteiger charge is -2.35. The number of benzene rings is 1. The number of halogens is 1. The second-order valence-electron chi connectivity index (χ2n) is 5.37. The number of ether oxygens (including phenoxy) is 1. The number of nitro benzene ring substituents is 1. The number of piperazine rings is 1. The van der Waals surface area contributed by atoms with Crippen LogP contribution in [0.1, 0.15) is 6.92 Å². The Morgan fingerprint density at radius 1 is 1.32 bits per heavy atom. The number of hydrogen-bond donors (Lipinski definition) is 0. The molecular weight excluding hydrogens is 350 g/mol. The summed E-state index contributed by atoms with van der Waals surface area (Å²) in [6, 6.07) is 4.52. The molecule has 0 radical (unpaired) electrons. The molecule has 0 N–H and O–H groups in total. The van der Waals surface area contributed by atoms with Crippen LogP contribution in [0.2, 0.25) is 5.02 Å². The number of esters is 1. The van der Waals surface area contributed by atoms with E-state index < -0.39 is 10.9 Å². The van der Waals surface area contributed by atoms with Gasteiger partial charge in [-0.25, -0.2) is 4.79 Å². The molecule has 1 fully saturated rings. The van der Waals surface area contributed by atoms with Crippen molar-refractivity contribution in [3.63, 3.8) is 0 Å². The van der Waals surface area contributed by atoms with Crippen LogP contribution < -0.4 is 4.90 Å². The Balaban J connectivity index is 1.95. The monoisotopic (exact) mass is 367 g/mol. The number of allylic oxidation sites excluding steroid dienone is 1. The van der Waals surface area contributed by atoms with Gasteiger partial charge in [-0.2, -0.15) is 0 Å². The smallest absolute Gasteiger partial charge is 0.330 e. The van der Waals surface area contributed by atoms with Gasteiger partial charge in [0, 0.05) is 43.3 Å². The van der Waals surface area contributed by atoms with E-state index in [0.717, 1.165) is 0 Å². The van der Waals surface area contributed by atoms with E-state index in [-0.39, 0.29) is 18.2 Å². The zero-order valence-electron chi connectivity index (χ0n) is 13.7. The van der Waals surface area contributed by atoms with Gasteiger partial charge in [0.15, 0.2) is 6.61 Å². The van der Waals surface area contributed by atoms with Gasteiger partial charge in [0.2, 0.25) is 0 Å². The standard InChI is InChI=1S/C16H18ClN3O5/c1-2-3-16(22)25-11-15(21)19-8-6-18(7-9-19)13-5-4-12(17)10-14(13)20(23)24/h2-5,10H,6-9,11H2,1H3/b3-2+. The molecule has 0 unspecified atom stereocenters. The molecule has 8 nitrogen and oxygen atoms in total. The molecule has 1 heterocycles. The van der Waals surface area contributed by atoms with Crippen molar-refractivity contribution in [1.82, 2.24) is 4.90 Å². The van der Waals surface area contributed by atoms with Crippen LogP contribution in [-0.2, 0) is 14.3 Å². The van der Waals surface area contributed by atoms with Gasteiger partial charge in [0.05, 0.1) is 4.92 Å². The molecule has 0 spiro atoms. The number of anilines is 1. The van der Waals surface area contributed by atoms with Crippen molar-refractivity contribution in [3.8, 4) is 0 Å². The Morgan fingerprint density at radius 3 is 2.60 bits per heavy atom. The van der Waals surface area contributed by atoms with Crippen LogP contribution in [0.4, 0.5) is 11.4 Å². The molecule has 25 heavy (non-hydrogen) atoms. The van der Waals surface area contributed by atoms with Crippen LogP contribution in [0.5, 0.6) is 0 Å². The highest BCUT2D eigenvalue weighted by Crippen LogP contribution is 2.31. The highest BCUT2D eigenvalue weighted by atomic mass is 35.5. The summed E-state index contributed by atoms with van der Waals surface area (Å²) in [6.45, 7) is 3.02. The lowest BCUT2D eigenvalue weighted by atomic mass is 10.2. The average molecular weight is 368 g/mol. The van der Waals surface area contributed by atoms with E-state index in [4.69, 9.17) is 16.3 Å². The summed E-state index contributed by atoms with van der Waals surface area (Å²) in [5, 5.41) is 11.5. The zero-order chi connectivity index (χ0) is 18.4. The van der Waals surface area contributed by atoms with Gasteiger partial charge in [-0.1, -0.05) is 17.7 Å². The third-order valence-electron chi connectivity index (χ3n) is 3.75. The first-order chi connectivity index (χ1) is 11.9. The van der Waals surface area contributed by atoms with E-state index >= 15 is 0 Å². The molecule has 1 amide bonds. The largest absolute Gasteiger partial charge is 0.452 e. The van der Waals surface area contributed by atoms with Crippen LogP contribution in [0.3, 0.4) is 0 Å². The number of amides is 1. The summed E-state index contributed by atoms with van der Waals surface area (Å²) in [5.74, 6) is -0.852. The Hall–Kier alpha value is -2.61. The molecule has 1 saturated heterocycles. The minimum Gasteiger partial charge on any atom is -0.452 e. The first-order valence-electron chi connectivity index (χ1n) is 7.68. The van der Waals surface area contributed by atoms with E-state index in [1.54, 1.807) is 24.0 Å². The fraction of sp³-hybridized carbons (Fsp3) is 0.375. The van der Waals surface area contributed by atoms with Crippen molar-refractivity contribution in [2.45, 2.75) is 6.92 Å². The summed E-state index contributed by atoms with van der Waals surface area (Å²) in [4.78, 5) is 37.4. The van der Waals surface area contributed by atoms with Gasteiger partial charge in [0.25, 0.3) is 11.6 Å². The Morgan fingerprint density at radius 2 is 2.00 bits per heavy atom. The highest BCUT2D eigenvalue weighted by Gasteiger charge is 2.26. The van der Waals surface area contributed by atoms with Crippen LogP contribution in [0, 0.1) is 10.1 Å². The molecule has 0 aromatic heterocycles. The maximum atomic E-state index is 12.1. The number of carbonyl (C=O) groups is 2. The lowest BCUT2D eigenvalue weighted by molar-refractivity contribution is -0.384. The number of hydrogen-bond acceptors (Lipinski definition) is 6. The molecule has 134 valence electrons. The predicted octanol–water partition coefficient (Wildman–Crippen LogP) is 2.02. The molecule has 1 aliphatic heterocycles. The van der Waals surface area contributed by atoms with Crippen molar-refractivity contribution in [3.05, 3.63) is 45.5 Å². The molecule has 1 aromatic rings. The summed E-state index contributed by atoms with van der Waals surface area (Å²) in [5.41, 5.74) is 0.411. The van der Waals surface area contributed by atoms with E-state index in [9.17, 15) is 19.7 Å². The Kier molecular flexibility index (Phi) is 6.35. The molecule has 0 saturated carbocycles. The van der Waals surface area contributed by atoms with Crippen LogP contribution in [0.15, 0.2) is 30.4 Å². The van der Waals surface area contributed by atoms with Crippen LogP contribution in [0.25, 0.3) is 0 Å². The van der Waals surface area contributed by atoms with E-state index in [1.807, 2.05) is 4.90 Å². The van der Waals surface area contributed by atoms with E-state index in [0.29, 0.717) is 36.9 Å². The van der Waals surface area contributed by atoms with Crippen molar-refractivity contribution < 1.29 is 19.2 Å². The summed E-state index contributed by atoms with van der Waals surface area (Å²) in [7, 11) is 0. The summed E-state index contributed by atoms with van der Waals surface area (Å²) >= 11 is 5.83. The number of nitrogens with zero attached hydrogens (tertiary/aromatic N) is 3. The lowest BCUT2D eigenvalue weighted by Crippen LogP contribution is -2.50. The third kappa shape index (κ3) is 4.93. The van der Waals surface area contributed by atoms with Gasteiger partial charge in [-0.15, -0.1) is 0 Å². The first-order valence-corrected chi connectivity index (χ1v) is 8.06. The molecule has 0 atom stereocenters. The second kappa shape index (κ2) is 8.48. The van der Waals surface area contributed by atoms with Gasteiger partial charge in [0.1, 0.15) is 5.69 Å². The fourth-order valence-corrected chi connectivity index (χ4v) is 2.68. The molecule has 0 bridgehead atoms. The fourth-order valence-electron chi connectivity index (χ4n) is 2.52. The molecule has 9 heteroatoms. The SMILES string of the molecule is C/C=C/C(=O)OCC(=O)N1CCN(c2ccc(Cl)cc2[N+](=O)[O-])CC1. The van der Waals surface area contributed by atoms with Crippen LogP contribution >= 0.6 is 11.6 Å². The third-order valence-corrected chi connectivity index (χ3v) is 3.98. The van der Waals surface area contributed by atoms with Crippen molar-refractivity contribution >= 4 is 34.9 Å². The normalized spacial score (nSPS) is 14.6. The maximum Gasteiger partial charge on any atom is 0.330 e. The van der Waals surface area contributed by atoms with Crippen molar-refractivity contribution in [2.75, 3.05) is 37.7 Å². The maximum absolute atomic E-state index is 12.1.